The number of fused-ring (bicyclic) bond motifs is 3. The Morgan fingerprint density at radius 3 is 2.83 bits per heavy atom. The monoisotopic (exact) mass is 309 g/mol. The predicted molar refractivity (Wildman–Crippen MR) is 88.4 cm³/mol. The molecular weight excluding hydrogens is 290 g/mol. The summed E-state index contributed by atoms with van der Waals surface area (Å²) >= 11 is 0. The van der Waals surface area contributed by atoms with E-state index in [4.69, 9.17) is 4.42 Å². The van der Waals surface area contributed by atoms with Gasteiger partial charge in [0, 0.05) is 12.2 Å². The van der Waals surface area contributed by atoms with Gasteiger partial charge in [0.25, 0.3) is 0 Å². The first kappa shape index (κ1) is 14.0. The number of nitrogens with zero attached hydrogens (tertiary/aromatic N) is 5. The SMILES string of the molecule is CCCCn1c(C)c(C)c2c1ncn1nc(-c3ccco3)nc21. The molecule has 4 aromatic heterocycles. The molecule has 0 atom stereocenters. The lowest BCUT2D eigenvalue weighted by atomic mass is 10.2. The Balaban J connectivity index is 1.97. The summed E-state index contributed by atoms with van der Waals surface area (Å²) in [5, 5.41) is 5.56. The van der Waals surface area contributed by atoms with Crippen molar-refractivity contribution in [1.82, 2.24) is 24.1 Å². The van der Waals surface area contributed by atoms with Gasteiger partial charge in [0.2, 0.25) is 5.82 Å². The Labute approximate surface area is 133 Å². The maximum absolute atomic E-state index is 5.41. The zero-order chi connectivity index (χ0) is 16.0. The van der Waals surface area contributed by atoms with E-state index >= 15 is 0 Å². The Bertz CT molecular complexity index is 978. The van der Waals surface area contributed by atoms with Gasteiger partial charge in [0.1, 0.15) is 12.0 Å². The van der Waals surface area contributed by atoms with E-state index in [0.717, 1.165) is 36.1 Å². The minimum atomic E-state index is 0.586. The maximum atomic E-state index is 5.41. The van der Waals surface area contributed by atoms with Gasteiger partial charge in [-0.3, -0.25) is 0 Å². The molecule has 0 amide bonds. The van der Waals surface area contributed by atoms with E-state index in [9.17, 15) is 0 Å². The van der Waals surface area contributed by atoms with E-state index < -0.39 is 0 Å². The Morgan fingerprint density at radius 2 is 2.09 bits per heavy atom. The topological polar surface area (TPSA) is 61.2 Å². The van der Waals surface area contributed by atoms with E-state index in [1.54, 1.807) is 17.1 Å². The van der Waals surface area contributed by atoms with Crippen molar-refractivity contribution in [3.63, 3.8) is 0 Å². The third-order valence-corrected chi connectivity index (χ3v) is 4.42. The first-order chi connectivity index (χ1) is 11.2. The fourth-order valence-corrected chi connectivity index (χ4v) is 3.03. The molecular formula is C17H19N5O. The molecule has 0 fully saturated rings. The average Bonchev–Trinajstić information content (AvgIpc) is 3.25. The normalized spacial score (nSPS) is 11.8. The molecule has 6 nitrogen and oxygen atoms in total. The quantitative estimate of drug-likeness (QED) is 0.576. The van der Waals surface area contributed by atoms with Crippen LogP contribution in [0.25, 0.3) is 28.3 Å². The minimum absolute atomic E-state index is 0.586. The van der Waals surface area contributed by atoms with E-state index in [1.165, 1.54) is 11.3 Å². The summed E-state index contributed by atoms with van der Waals surface area (Å²) in [6.07, 6.45) is 5.67. The summed E-state index contributed by atoms with van der Waals surface area (Å²) in [7, 11) is 0. The first-order valence-electron chi connectivity index (χ1n) is 7.95. The number of hydrogen-bond donors (Lipinski definition) is 0. The maximum Gasteiger partial charge on any atom is 0.217 e. The van der Waals surface area contributed by atoms with Crippen LogP contribution in [0.15, 0.2) is 29.1 Å². The van der Waals surface area contributed by atoms with Crippen LogP contribution in [0.5, 0.6) is 0 Å². The predicted octanol–water partition coefficient (Wildman–Crippen LogP) is 3.76. The van der Waals surface area contributed by atoms with Crippen molar-refractivity contribution in [2.75, 3.05) is 0 Å². The fourth-order valence-electron chi connectivity index (χ4n) is 3.03. The highest BCUT2D eigenvalue weighted by Gasteiger charge is 2.18. The van der Waals surface area contributed by atoms with Gasteiger partial charge in [-0.1, -0.05) is 13.3 Å². The largest absolute Gasteiger partial charge is 0.461 e. The fraction of sp³-hybridized carbons (Fsp3) is 0.353. The van der Waals surface area contributed by atoms with Gasteiger partial charge < -0.3 is 8.98 Å². The van der Waals surface area contributed by atoms with Gasteiger partial charge in [-0.05, 0) is 38.0 Å². The van der Waals surface area contributed by atoms with E-state index in [0.29, 0.717) is 11.6 Å². The summed E-state index contributed by atoms with van der Waals surface area (Å²) in [4.78, 5) is 9.32. The molecule has 118 valence electrons. The number of aromatic nitrogens is 5. The van der Waals surface area contributed by atoms with Crippen molar-refractivity contribution in [2.45, 2.75) is 40.2 Å². The first-order valence-corrected chi connectivity index (χ1v) is 7.95. The number of hydrogen-bond acceptors (Lipinski definition) is 4. The number of rotatable bonds is 4. The van der Waals surface area contributed by atoms with E-state index in [2.05, 4.69) is 40.4 Å². The standard InChI is InChI=1S/C17H19N5O/c1-4-5-8-21-12(3)11(2)14-16(21)18-10-22-17(14)19-15(20-22)13-7-6-9-23-13/h6-7,9-10H,4-5,8H2,1-3H3. The smallest absolute Gasteiger partial charge is 0.217 e. The highest BCUT2D eigenvalue weighted by molar-refractivity contribution is 5.94. The van der Waals surface area contributed by atoms with Crippen molar-refractivity contribution in [2.24, 2.45) is 0 Å². The lowest BCUT2D eigenvalue weighted by Crippen LogP contribution is -2.01. The molecule has 0 aliphatic carbocycles. The van der Waals surface area contributed by atoms with Crippen LogP contribution >= 0.6 is 0 Å². The molecule has 0 radical (unpaired) electrons. The van der Waals surface area contributed by atoms with Crippen LogP contribution in [0, 0.1) is 13.8 Å². The minimum Gasteiger partial charge on any atom is -0.461 e. The highest BCUT2D eigenvalue weighted by atomic mass is 16.3. The second-order valence-electron chi connectivity index (χ2n) is 5.84. The van der Waals surface area contributed by atoms with Crippen LogP contribution in [-0.4, -0.2) is 24.1 Å². The molecule has 4 heterocycles. The second kappa shape index (κ2) is 5.22. The zero-order valence-electron chi connectivity index (χ0n) is 13.6. The molecule has 0 unspecified atom stereocenters. The number of unbranched alkanes of at least 4 members (excludes halogenated alkanes) is 1. The summed E-state index contributed by atoms with van der Waals surface area (Å²) in [5.41, 5.74) is 4.28. The molecule has 0 saturated heterocycles. The van der Waals surface area contributed by atoms with Crippen LogP contribution in [0.2, 0.25) is 0 Å². The molecule has 0 aromatic carbocycles. The lowest BCUT2D eigenvalue weighted by Gasteiger charge is -2.06. The molecule has 0 bridgehead atoms. The van der Waals surface area contributed by atoms with Crippen LogP contribution < -0.4 is 0 Å². The van der Waals surface area contributed by atoms with Gasteiger partial charge >= 0.3 is 0 Å². The van der Waals surface area contributed by atoms with Crippen molar-refractivity contribution in [3.05, 3.63) is 36.0 Å². The highest BCUT2D eigenvalue weighted by Crippen LogP contribution is 2.28. The molecule has 0 spiro atoms. The summed E-state index contributed by atoms with van der Waals surface area (Å²) in [6.45, 7) is 7.46. The van der Waals surface area contributed by atoms with Gasteiger partial charge in [-0.15, -0.1) is 5.10 Å². The van der Waals surface area contributed by atoms with Crippen LogP contribution in [0.4, 0.5) is 0 Å². The molecule has 0 aliphatic rings. The van der Waals surface area contributed by atoms with E-state index in [1.807, 2.05) is 12.1 Å². The molecule has 0 N–H and O–H groups in total. The van der Waals surface area contributed by atoms with Crippen molar-refractivity contribution in [3.8, 4) is 11.6 Å². The number of furan rings is 1. The Morgan fingerprint density at radius 1 is 1.22 bits per heavy atom. The number of aryl methyl sites for hydroxylation is 2. The van der Waals surface area contributed by atoms with Crippen molar-refractivity contribution < 1.29 is 4.42 Å². The molecule has 6 heteroatoms. The summed E-state index contributed by atoms with van der Waals surface area (Å²) in [6, 6.07) is 3.70. The Hall–Kier alpha value is -2.63. The third kappa shape index (κ3) is 2.05. The van der Waals surface area contributed by atoms with Crippen LogP contribution in [0.3, 0.4) is 0 Å². The van der Waals surface area contributed by atoms with Gasteiger partial charge in [0.15, 0.2) is 11.4 Å². The molecule has 0 aliphatic heterocycles. The molecule has 4 aromatic rings. The molecule has 23 heavy (non-hydrogen) atoms. The van der Waals surface area contributed by atoms with E-state index in [-0.39, 0.29) is 0 Å². The lowest BCUT2D eigenvalue weighted by molar-refractivity contribution is 0.577. The zero-order valence-corrected chi connectivity index (χ0v) is 13.6. The van der Waals surface area contributed by atoms with Crippen LogP contribution in [-0.2, 0) is 6.54 Å². The van der Waals surface area contributed by atoms with Gasteiger partial charge in [0.05, 0.1) is 11.6 Å². The molecule has 0 saturated carbocycles. The second-order valence-corrected chi connectivity index (χ2v) is 5.84. The summed E-state index contributed by atoms with van der Waals surface area (Å²) < 4.78 is 9.43. The van der Waals surface area contributed by atoms with Crippen molar-refractivity contribution in [1.29, 1.82) is 0 Å². The van der Waals surface area contributed by atoms with Crippen molar-refractivity contribution >= 4 is 16.7 Å². The van der Waals surface area contributed by atoms with Gasteiger partial charge in [-0.25, -0.2) is 14.5 Å². The van der Waals surface area contributed by atoms with Gasteiger partial charge in [-0.2, -0.15) is 0 Å². The Kier molecular flexibility index (Phi) is 3.18. The summed E-state index contributed by atoms with van der Waals surface area (Å²) in [5.74, 6) is 1.25. The average molecular weight is 309 g/mol. The third-order valence-electron chi connectivity index (χ3n) is 4.42. The molecule has 4 rings (SSSR count). The van der Waals surface area contributed by atoms with Crippen LogP contribution in [0.1, 0.15) is 31.0 Å².